The van der Waals surface area contributed by atoms with Crippen molar-refractivity contribution in [3.05, 3.63) is 29.0 Å². The van der Waals surface area contributed by atoms with E-state index in [1.54, 1.807) is 0 Å². The summed E-state index contributed by atoms with van der Waals surface area (Å²) in [5.74, 6) is 1.64. The van der Waals surface area contributed by atoms with Crippen LogP contribution in [0.1, 0.15) is 39.2 Å². The lowest BCUT2D eigenvalue weighted by Gasteiger charge is -2.43. The molecule has 26 heavy (non-hydrogen) atoms. The summed E-state index contributed by atoms with van der Waals surface area (Å²) in [6.07, 6.45) is 5.36. The quantitative estimate of drug-likeness (QED) is 0.275. The van der Waals surface area contributed by atoms with Crippen molar-refractivity contribution in [3.8, 4) is 0 Å². The fourth-order valence-electron chi connectivity index (χ4n) is 3.25. The SMILES string of the molecule is CN=C(NCCc1ccc(Cl)nc1)NCC(C)(C)N1CCCC(C)C1.I. The van der Waals surface area contributed by atoms with Crippen LogP contribution in [0.25, 0.3) is 0 Å². The molecule has 0 bridgehead atoms. The highest BCUT2D eigenvalue weighted by Crippen LogP contribution is 2.23. The summed E-state index contributed by atoms with van der Waals surface area (Å²) in [5.41, 5.74) is 1.28. The molecule has 1 saturated heterocycles. The van der Waals surface area contributed by atoms with E-state index in [0.717, 1.165) is 37.0 Å². The Labute approximate surface area is 180 Å². The van der Waals surface area contributed by atoms with Crippen LogP contribution in [0, 0.1) is 5.92 Å². The van der Waals surface area contributed by atoms with Gasteiger partial charge in [-0.05, 0) is 57.2 Å². The zero-order valence-electron chi connectivity index (χ0n) is 16.4. The van der Waals surface area contributed by atoms with Crippen molar-refractivity contribution in [2.75, 3.05) is 33.2 Å². The molecule has 0 saturated carbocycles. The van der Waals surface area contributed by atoms with Crippen molar-refractivity contribution in [2.24, 2.45) is 10.9 Å². The summed E-state index contributed by atoms with van der Waals surface area (Å²) < 4.78 is 0. The summed E-state index contributed by atoms with van der Waals surface area (Å²) in [5, 5.41) is 7.39. The number of aliphatic imine (C=N–C) groups is 1. The Balaban J connectivity index is 0.00000338. The van der Waals surface area contributed by atoms with E-state index < -0.39 is 0 Å². The molecule has 1 atom stereocenters. The molecule has 5 nitrogen and oxygen atoms in total. The predicted molar refractivity (Wildman–Crippen MR) is 122 cm³/mol. The van der Waals surface area contributed by atoms with E-state index >= 15 is 0 Å². The fraction of sp³-hybridized carbons (Fsp3) is 0.684. The summed E-state index contributed by atoms with van der Waals surface area (Å²) in [7, 11) is 1.81. The Morgan fingerprint density at radius 3 is 2.77 bits per heavy atom. The molecule has 148 valence electrons. The van der Waals surface area contributed by atoms with Gasteiger partial charge in [-0.1, -0.05) is 24.6 Å². The van der Waals surface area contributed by atoms with Crippen LogP contribution in [0.2, 0.25) is 5.15 Å². The first-order valence-corrected chi connectivity index (χ1v) is 9.58. The van der Waals surface area contributed by atoms with Gasteiger partial charge >= 0.3 is 0 Å². The van der Waals surface area contributed by atoms with Gasteiger partial charge in [0.2, 0.25) is 0 Å². The van der Waals surface area contributed by atoms with Crippen molar-refractivity contribution in [1.82, 2.24) is 20.5 Å². The number of pyridine rings is 1. The molecule has 1 aliphatic heterocycles. The van der Waals surface area contributed by atoms with E-state index in [2.05, 4.69) is 46.3 Å². The molecule has 1 aromatic rings. The molecule has 2 rings (SSSR count). The smallest absolute Gasteiger partial charge is 0.191 e. The van der Waals surface area contributed by atoms with Crippen molar-refractivity contribution < 1.29 is 0 Å². The Hall–Kier alpha value is -0.600. The molecule has 2 heterocycles. The van der Waals surface area contributed by atoms with E-state index in [-0.39, 0.29) is 29.5 Å². The average Bonchev–Trinajstić information content (AvgIpc) is 2.59. The van der Waals surface area contributed by atoms with Gasteiger partial charge in [0.25, 0.3) is 0 Å². The monoisotopic (exact) mass is 493 g/mol. The van der Waals surface area contributed by atoms with Gasteiger partial charge in [-0.2, -0.15) is 0 Å². The second-order valence-electron chi connectivity index (χ2n) is 7.60. The molecule has 0 aliphatic carbocycles. The van der Waals surface area contributed by atoms with E-state index in [1.165, 1.54) is 25.9 Å². The Morgan fingerprint density at radius 2 is 2.15 bits per heavy atom. The highest BCUT2D eigenvalue weighted by Gasteiger charge is 2.30. The molecule has 0 radical (unpaired) electrons. The van der Waals surface area contributed by atoms with E-state index in [9.17, 15) is 0 Å². The maximum absolute atomic E-state index is 5.82. The van der Waals surface area contributed by atoms with E-state index in [1.807, 2.05) is 25.4 Å². The van der Waals surface area contributed by atoms with Crippen LogP contribution >= 0.6 is 35.6 Å². The Kier molecular flexibility index (Phi) is 10.2. The standard InChI is InChI=1S/C19H32ClN5.HI/c1-15-6-5-11-25(13-15)19(2,3)14-24-18(21-4)22-10-9-16-7-8-17(20)23-12-16;/h7-8,12,15H,5-6,9-11,13-14H2,1-4H3,(H2,21,22,24);1H. The van der Waals surface area contributed by atoms with Crippen LogP contribution in [0.5, 0.6) is 0 Å². The van der Waals surface area contributed by atoms with Gasteiger partial charge in [0.05, 0.1) is 0 Å². The van der Waals surface area contributed by atoms with Gasteiger partial charge in [-0.15, -0.1) is 24.0 Å². The third kappa shape index (κ3) is 7.56. The normalized spacial score (nSPS) is 19.0. The minimum Gasteiger partial charge on any atom is -0.356 e. The molecule has 0 aromatic carbocycles. The first-order chi connectivity index (χ1) is 11.9. The number of aromatic nitrogens is 1. The molecule has 0 spiro atoms. The van der Waals surface area contributed by atoms with Crippen molar-refractivity contribution in [1.29, 1.82) is 0 Å². The average molecular weight is 494 g/mol. The van der Waals surface area contributed by atoms with Gasteiger partial charge in [0.1, 0.15) is 5.15 Å². The zero-order valence-corrected chi connectivity index (χ0v) is 19.5. The summed E-state index contributed by atoms with van der Waals surface area (Å²) in [6, 6.07) is 3.83. The number of nitrogens with one attached hydrogen (secondary N) is 2. The highest BCUT2D eigenvalue weighted by atomic mass is 127. The zero-order chi connectivity index (χ0) is 18.3. The number of hydrogen-bond acceptors (Lipinski definition) is 3. The minimum absolute atomic E-state index is 0. The number of likely N-dealkylation sites (tertiary alicyclic amines) is 1. The minimum atomic E-state index is 0. The molecular weight excluding hydrogens is 461 g/mol. The van der Waals surface area contributed by atoms with Crippen molar-refractivity contribution >= 4 is 41.5 Å². The fourth-order valence-corrected chi connectivity index (χ4v) is 3.36. The number of halogens is 2. The Morgan fingerprint density at radius 1 is 1.38 bits per heavy atom. The third-order valence-electron chi connectivity index (χ3n) is 4.92. The molecule has 1 aliphatic rings. The van der Waals surface area contributed by atoms with Gasteiger partial charge in [0.15, 0.2) is 5.96 Å². The van der Waals surface area contributed by atoms with Crippen LogP contribution in [0.3, 0.4) is 0 Å². The van der Waals surface area contributed by atoms with Crippen molar-refractivity contribution in [3.63, 3.8) is 0 Å². The first-order valence-electron chi connectivity index (χ1n) is 9.21. The molecular formula is C19H33ClIN5. The van der Waals surface area contributed by atoms with Crippen LogP contribution in [0.15, 0.2) is 23.3 Å². The lowest BCUT2D eigenvalue weighted by molar-refractivity contribution is 0.0739. The van der Waals surface area contributed by atoms with Crippen LogP contribution in [-0.2, 0) is 6.42 Å². The highest BCUT2D eigenvalue weighted by molar-refractivity contribution is 14.0. The molecule has 7 heteroatoms. The second-order valence-corrected chi connectivity index (χ2v) is 7.98. The molecule has 0 amide bonds. The largest absolute Gasteiger partial charge is 0.356 e. The second kappa shape index (κ2) is 11.3. The number of rotatable bonds is 6. The maximum atomic E-state index is 5.82. The van der Waals surface area contributed by atoms with Gasteiger partial charge < -0.3 is 10.6 Å². The molecule has 1 unspecified atom stereocenters. The van der Waals surface area contributed by atoms with Crippen LogP contribution < -0.4 is 10.6 Å². The van der Waals surface area contributed by atoms with Gasteiger partial charge in [0, 0.05) is 38.4 Å². The summed E-state index contributed by atoms with van der Waals surface area (Å²) in [6.45, 7) is 11.0. The number of piperidine rings is 1. The third-order valence-corrected chi connectivity index (χ3v) is 5.14. The molecule has 1 aromatic heterocycles. The van der Waals surface area contributed by atoms with Crippen LogP contribution in [0.4, 0.5) is 0 Å². The topological polar surface area (TPSA) is 52.6 Å². The predicted octanol–water partition coefficient (Wildman–Crippen LogP) is 3.57. The first kappa shape index (κ1) is 23.4. The van der Waals surface area contributed by atoms with E-state index in [4.69, 9.17) is 11.6 Å². The van der Waals surface area contributed by atoms with Crippen molar-refractivity contribution in [2.45, 2.75) is 45.6 Å². The summed E-state index contributed by atoms with van der Waals surface area (Å²) >= 11 is 5.82. The van der Waals surface area contributed by atoms with E-state index in [0.29, 0.717) is 5.15 Å². The van der Waals surface area contributed by atoms with Gasteiger partial charge in [-0.3, -0.25) is 9.89 Å². The maximum Gasteiger partial charge on any atom is 0.191 e. The Bertz CT molecular complexity index is 562. The molecule has 2 N–H and O–H groups in total. The van der Waals surface area contributed by atoms with Gasteiger partial charge in [-0.25, -0.2) is 4.98 Å². The number of guanidine groups is 1. The number of hydrogen-bond donors (Lipinski definition) is 2. The van der Waals surface area contributed by atoms with Crippen LogP contribution in [-0.4, -0.2) is 54.6 Å². The molecule has 1 fully saturated rings. The lowest BCUT2D eigenvalue weighted by atomic mass is 9.93. The summed E-state index contributed by atoms with van der Waals surface area (Å²) in [4.78, 5) is 11.0. The lowest BCUT2D eigenvalue weighted by Crippen LogP contribution is -2.56. The number of nitrogens with zero attached hydrogens (tertiary/aromatic N) is 3.